The monoisotopic (exact) mass is 1110 g/mol. The zero-order valence-electron chi connectivity index (χ0n) is 38.8. The average Bonchev–Trinajstić information content (AvgIpc) is 3.36. The first-order chi connectivity index (χ1) is 35.6. The Morgan fingerprint density at radius 1 is 0.526 bits per heavy atom. The van der Waals surface area contributed by atoms with Gasteiger partial charge in [0.25, 0.3) is 32.1 Å². The van der Waals surface area contributed by atoms with Crippen LogP contribution in [0.25, 0.3) is 12.2 Å². The van der Waals surface area contributed by atoms with Crippen molar-refractivity contribution in [1.29, 1.82) is 0 Å². The first-order valence-electron chi connectivity index (χ1n) is 21.4. The molecule has 8 rings (SSSR count). The molecule has 0 spiro atoms. The summed E-state index contributed by atoms with van der Waals surface area (Å²) in [6.07, 6.45) is 6.52. The highest BCUT2D eigenvalue weighted by molar-refractivity contribution is 7.94. The number of carbonyl (C=O) groups is 5. The number of ketones is 3. The third kappa shape index (κ3) is 11.8. The predicted octanol–water partition coefficient (Wildman–Crippen LogP) is 4.92. The van der Waals surface area contributed by atoms with Gasteiger partial charge in [-0.1, -0.05) is 0 Å². The van der Waals surface area contributed by atoms with Gasteiger partial charge in [0, 0.05) is 46.1 Å². The maximum atomic E-state index is 13.5. The lowest BCUT2D eigenvalue weighted by atomic mass is 9.94. The fourth-order valence-electron chi connectivity index (χ4n) is 7.25. The largest absolute Gasteiger partial charge is 0.506 e. The Morgan fingerprint density at radius 2 is 1.00 bits per heavy atom. The lowest BCUT2D eigenvalue weighted by molar-refractivity contribution is -0.108. The highest BCUT2D eigenvalue weighted by Gasteiger charge is 2.35. The standard InChI is InChI=1S/C48H36N8O16S4/c1-73(63,64)33-13-17-39(57)37(23-33)53-55-43-41(75(67,68)69)21-27-19-31(11-15-35(27)45(43)59)49-47(61)25-3-7-29(8-4-25)51-52-30-9-5-26(6-10-30)48(62)50-32-12-16-36-28(20-32)22-42(76(70,71)72)44(46(36)60)56-54-38-24-34(74(2,65)66)14-18-40(38)58/h3-24,51-53,57H,1-2H3,(H,49,61)(H,50,62)(H,67,68,69)(H,70,71,72). The van der Waals surface area contributed by atoms with Crippen molar-refractivity contribution in [3.63, 3.8) is 0 Å². The van der Waals surface area contributed by atoms with Gasteiger partial charge in [-0.25, -0.2) is 16.8 Å². The van der Waals surface area contributed by atoms with Crippen LogP contribution in [0.15, 0.2) is 156 Å². The van der Waals surface area contributed by atoms with Crippen LogP contribution < -0.4 is 26.9 Å². The minimum atomic E-state index is -5.12. The van der Waals surface area contributed by atoms with E-state index in [2.05, 4.69) is 42.2 Å². The van der Waals surface area contributed by atoms with Gasteiger partial charge in [0.2, 0.25) is 17.3 Å². The minimum Gasteiger partial charge on any atom is -0.506 e. The normalized spacial score (nSPS) is 16.3. The number of sulfone groups is 2. The molecule has 0 fully saturated rings. The van der Waals surface area contributed by atoms with Crippen molar-refractivity contribution >= 4 is 127 Å². The summed E-state index contributed by atoms with van der Waals surface area (Å²) in [5.74, 6) is -4.42. The van der Waals surface area contributed by atoms with E-state index in [1.807, 2.05) is 0 Å². The molecule has 5 aromatic carbocycles. The van der Waals surface area contributed by atoms with E-state index in [0.717, 1.165) is 61.1 Å². The third-order valence-electron chi connectivity index (χ3n) is 11.1. The van der Waals surface area contributed by atoms with Crippen molar-refractivity contribution in [3.8, 4) is 5.75 Å². The Kier molecular flexibility index (Phi) is 14.2. The quantitative estimate of drug-likeness (QED) is 0.0316. The highest BCUT2D eigenvalue weighted by atomic mass is 32.2. The van der Waals surface area contributed by atoms with Crippen molar-refractivity contribution in [1.82, 2.24) is 0 Å². The average molecular weight is 1110 g/mol. The number of nitrogens with one attached hydrogen (secondary N) is 5. The number of hydrazine groups is 1. The van der Waals surface area contributed by atoms with E-state index in [4.69, 9.17) is 0 Å². The number of hydrazone groups is 1. The lowest BCUT2D eigenvalue weighted by Crippen LogP contribution is -2.27. The summed E-state index contributed by atoms with van der Waals surface area (Å²) in [4.78, 5) is 63.3. The fourth-order valence-corrected chi connectivity index (χ4v) is 9.85. The molecule has 388 valence electrons. The van der Waals surface area contributed by atoms with Crippen LogP contribution in [-0.4, -0.2) is 107 Å². The van der Waals surface area contributed by atoms with E-state index < -0.39 is 102 Å². The van der Waals surface area contributed by atoms with Gasteiger partial charge < -0.3 is 26.6 Å². The molecule has 24 nitrogen and oxygen atoms in total. The maximum absolute atomic E-state index is 13.5. The Bertz CT molecular complexity index is 4110. The van der Waals surface area contributed by atoms with Crippen LogP contribution in [0.2, 0.25) is 0 Å². The summed E-state index contributed by atoms with van der Waals surface area (Å²) in [6.45, 7) is 0. The van der Waals surface area contributed by atoms with Crippen molar-refractivity contribution in [2.75, 3.05) is 39.4 Å². The molecule has 5 aromatic rings. The van der Waals surface area contributed by atoms with E-state index in [0.29, 0.717) is 11.4 Å². The summed E-state index contributed by atoms with van der Waals surface area (Å²) in [5.41, 5.74) is 7.21. The second-order valence-corrected chi connectivity index (χ2v) is 23.3. The van der Waals surface area contributed by atoms with Crippen LogP contribution in [0, 0.1) is 0 Å². The van der Waals surface area contributed by atoms with Gasteiger partial charge in [-0.3, -0.25) is 38.5 Å². The number of hydrogen-bond donors (Lipinski definition) is 8. The zero-order valence-corrected chi connectivity index (χ0v) is 42.1. The number of nitrogens with zero attached hydrogens (tertiary/aromatic N) is 3. The minimum absolute atomic E-state index is 0.000534. The molecular weight excluding hydrogens is 1070 g/mol. The molecular formula is C48H36N8O16S4. The van der Waals surface area contributed by atoms with Gasteiger partial charge in [-0.2, -0.15) is 21.9 Å². The summed E-state index contributed by atoms with van der Waals surface area (Å²) < 4.78 is 117. The summed E-state index contributed by atoms with van der Waals surface area (Å²) in [7, 11) is -17.7. The summed E-state index contributed by atoms with van der Waals surface area (Å²) >= 11 is 0. The van der Waals surface area contributed by atoms with E-state index >= 15 is 0 Å². The number of anilines is 5. The van der Waals surface area contributed by atoms with Crippen LogP contribution >= 0.6 is 0 Å². The number of phenolic OH excluding ortho intramolecular Hbond substituents is 1. The molecule has 3 aliphatic carbocycles. The number of rotatable bonds is 14. The number of Topliss-reactive ketones (excluding diaryl/α,β-unsaturated/α-hetero) is 2. The van der Waals surface area contributed by atoms with E-state index in [1.54, 1.807) is 24.3 Å². The van der Waals surface area contributed by atoms with Gasteiger partial charge in [0.1, 0.15) is 21.3 Å². The molecule has 0 aliphatic heterocycles. The van der Waals surface area contributed by atoms with Crippen LogP contribution in [0.4, 0.5) is 28.4 Å². The maximum Gasteiger partial charge on any atom is 0.296 e. The van der Waals surface area contributed by atoms with E-state index in [9.17, 15) is 71.9 Å². The molecule has 0 atom stereocenters. The molecule has 0 saturated carbocycles. The number of phenols is 1. The van der Waals surface area contributed by atoms with Gasteiger partial charge in [0.05, 0.1) is 26.9 Å². The number of carbonyl (C=O) groups excluding carboxylic acids is 5. The molecule has 0 aromatic heterocycles. The molecule has 76 heavy (non-hydrogen) atoms. The van der Waals surface area contributed by atoms with Crippen LogP contribution in [-0.2, 0) is 44.7 Å². The smallest absolute Gasteiger partial charge is 0.296 e. The zero-order chi connectivity index (χ0) is 55.1. The molecule has 0 saturated heterocycles. The fraction of sp³-hybridized carbons (Fsp3) is 0.0417. The second-order valence-electron chi connectivity index (χ2n) is 16.5. The first kappa shape index (κ1) is 53.2. The number of hydrogen-bond acceptors (Lipinski definition) is 20. The SMILES string of the molecule is CS(=O)(=O)C1=CC(=NN=C2C(=O)c3ccc(NC(=O)c4ccc(NNc5ccc(C(=O)Nc6ccc7c(c6)C=C(S(=O)(=O)O)C(=NNc6cc(S(C)(=O)=O)ccc6O)C7=O)cc5)cc4)cc3C=C2S(=O)(=O)O)C(=O)C=C1. The second kappa shape index (κ2) is 20.3. The van der Waals surface area contributed by atoms with Crippen LogP contribution in [0.5, 0.6) is 5.75 Å². The molecule has 3 aliphatic rings. The lowest BCUT2D eigenvalue weighted by Gasteiger charge is -2.17. The summed E-state index contributed by atoms with van der Waals surface area (Å²) in [5, 5.41) is 26.5. The van der Waals surface area contributed by atoms with E-state index in [1.165, 1.54) is 60.7 Å². The third-order valence-corrected chi connectivity index (χ3v) is 15.0. The van der Waals surface area contributed by atoms with Crippen molar-refractivity contribution in [2.24, 2.45) is 15.3 Å². The molecule has 0 unspecified atom stereocenters. The number of aromatic hydroxyl groups is 1. The van der Waals surface area contributed by atoms with Crippen LogP contribution in [0.1, 0.15) is 52.6 Å². The van der Waals surface area contributed by atoms with Crippen molar-refractivity contribution in [3.05, 3.63) is 169 Å². The van der Waals surface area contributed by atoms with Gasteiger partial charge in [-0.15, -0.1) is 10.2 Å². The van der Waals surface area contributed by atoms with Gasteiger partial charge in [0.15, 0.2) is 31.1 Å². The Labute approximate surface area is 431 Å². The summed E-state index contributed by atoms with van der Waals surface area (Å²) in [6, 6.07) is 23.2. The van der Waals surface area contributed by atoms with Crippen molar-refractivity contribution in [2.45, 2.75) is 4.90 Å². The molecule has 0 heterocycles. The molecule has 8 N–H and O–H groups in total. The molecule has 28 heteroatoms. The number of allylic oxidation sites excluding steroid dienone is 5. The molecule has 0 bridgehead atoms. The molecule has 0 radical (unpaired) electrons. The number of benzene rings is 5. The Morgan fingerprint density at radius 3 is 1.47 bits per heavy atom. The Hall–Kier alpha value is -9.06. The Balaban J connectivity index is 0.883. The van der Waals surface area contributed by atoms with Gasteiger partial charge >= 0.3 is 0 Å². The highest BCUT2D eigenvalue weighted by Crippen LogP contribution is 2.32. The van der Waals surface area contributed by atoms with Gasteiger partial charge in [-0.05, 0) is 145 Å². The topological polar surface area (TPSA) is 380 Å². The molecule has 2 amide bonds. The van der Waals surface area contributed by atoms with Crippen molar-refractivity contribution < 1.29 is 71.9 Å². The van der Waals surface area contributed by atoms with Crippen LogP contribution in [0.3, 0.4) is 0 Å². The first-order valence-corrected chi connectivity index (χ1v) is 28.1. The number of amides is 2. The van der Waals surface area contributed by atoms with E-state index in [-0.39, 0.29) is 60.2 Å². The predicted molar refractivity (Wildman–Crippen MR) is 281 cm³/mol. The number of fused-ring (bicyclic) bond motifs is 2.